The second kappa shape index (κ2) is 41.6. The number of carbonyl (C=O) groups excluding carboxylic acids is 10. The number of piperazine rings is 1. The van der Waals surface area contributed by atoms with E-state index in [1.807, 2.05) is 12.1 Å². The van der Waals surface area contributed by atoms with E-state index < -0.39 is 325 Å². The zero-order chi connectivity index (χ0) is 104. The maximum atomic E-state index is 15.3. The molecule has 0 amide bonds. The molecule has 6 atom stereocenters. The molecule has 12 aromatic carbocycles. The van der Waals surface area contributed by atoms with Crippen molar-refractivity contribution >= 4 is 71.3 Å². The summed E-state index contributed by atoms with van der Waals surface area (Å²) in [4.78, 5) is 147. The summed E-state index contributed by atoms with van der Waals surface area (Å²) in [6.45, 7) is 2.73. The molecule has 0 radical (unpaired) electrons. The van der Waals surface area contributed by atoms with Crippen molar-refractivity contribution in [1.29, 1.82) is 0 Å². The van der Waals surface area contributed by atoms with Crippen LogP contribution >= 0.6 is 11.6 Å². The topological polar surface area (TPSA) is 784 Å². The monoisotopic (exact) mass is 2000 g/mol. The molecule has 12 aromatic rings. The van der Waals surface area contributed by atoms with Gasteiger partial charge in [-0.2, -0.15) is 0 Å². The van der Waals surface area contributed by atoms with Gasteiger partial charge >= 0.3 is 59.7 Å². The average Bonchev–Trinajstić information content (AvgIpc) is 0.763. The fourth-order valence-electron chi connectivity index (χ4n) is 13.8. The number of hydrogen-bond acceptors (Lipinski definition) is 48. The third-order valence-electron chi connectivity index (χ3n) is 21.1. The van der Waals surface area contributed by atoms with Crippen LogP contribution in [0.15, 0.2) is 176 Å². The summed E-state index contributed by atoms with van der Waals surface area (Å²) in [5.41, 5.74) is -7.22. The quantitative estimate of drug-likeness (QED) is 0.0117. The van der Waals surface area contributed by atoms with E-state index in [9.17, 15) is 161 Å². The summed E-state index contributed by atoms with van der Waals surface area (Å²) >= 11 is 6.05. The van der Waals surface area contributed by atoms with E-state index in [0.717, 1.165) is 31.2 Å². The predicted molar refractivity (Wildman–Crippen MR) is 472 cm³/mol. The average molecular weight is 2000 g/mol. The predicted octanol–water partition coefficient (Wildman–Crippen LogP) is 8.51. The highest BCUT2D eigenvalue weighted by molar-refractivity contribution is 6.30. The number of benzene rings is 12. The smallest absolute Gasteiger partial charge is 0.343 e. The molecule has 0 aromatic heterocycles. The third-order valence-corrected chi connectivity index (χ3v) is 21.4. The fourth-order valence-corrected chi connectivity index (χ4v) is 13.9. The SMILES string of the molecule is CN1CCN(C(c2ccccc2)c2ccc(Cl)cc2)CC1.O=C(OC[C@H]1O[C@@H](OC(=O)c2cc(O)c(O)c(OC(=O)c3cc(O)c(O)c(O)c3)c2)[C@H](OC(=O)c2cc(O)c(O)c(OC(=O)c3cc(O)c(O)c(O)c3)c2)[C@@H](OC(=O)c2cc(O)c(O)c(OC(=O)c3cc(O)c(O)c(O)c3)c2)[C@@H]1OC(=O)c1cc(O)c(O)c(OC(=O)c2cc(O)c(O)c(O)c2)c1)c1cc(O)c(O)c(OC(=O)c2cc(O)c(O)c(O)c2)c1. The molecule has 1 unspecified atom stereocenters. The first-order valence-corrected chi connectivity index (χ1v) is 41.0. The van der Waals surface area contributed by atoms with Gasteiger partial charge in [-0.15, -0.1) is 0 Å². The summed E-state index contributed by atoms with van der Waals surface area (Å²) in [7, 11) is 2.19. The van der Waals surface area contributed by atoms with Gasteiger partial charge in [-0.1, -0.05) is 54.1 Å². The van der Waals surface area contributed by atoms with Crippen LogP contribution in [0.4, 0.5) is 0 Å². The van der Waals surface area contributed by atoms with Gasteiger partial charge in [0.2, 0.25) is 41.1 Å². The number of nitrogens with zero attached hydrogens (tertiary/aromatic N) is 2. The van der Waals surface area contributed by atoms with Gasteiger partial charge in [0.25, 0.3) is 0 Å². The number of carbonyl (C=O) groups is 10. The number of aromatic hydroxyl groups is 25. The van der Waals surface area contributed by atoms with Gasteiger partial charge in [-0.3, -0.25) is 4.90 Å². The molecule has 2 heterocycles. The highest BCUT2D eigenvalue weighted by Crippen LogP contribution is 2.49. The van der Waals surface area contributed by atoms with E-state index in [4.69, 9.17) is 63.7 Å². The van der Waals surface area contributed by atoms with Gasteiger partial charge in [0.1, 0.15) is 12.7 Å². The van der Waals surface area contributed by atoms with Crippen LogP contribution in [-0.2, 0) is 28.4 Å². The van der Waals surface area contributed by atoms with Crippen molar-refractivity contribution in [3.8, 4) is 172 Å². The molecule has 0 aliphatic carbocycles. The van der Waals surface area contributed by atoms with E-state index in [1.165, 1.54) is 11.1 Å². The number of likely N-dealkylation sites (N-methyl/N-ethyl adjacent to an activating group) is 1. The Kier molecular flexibility index (Phi) is 29.4. The van der Waals surface area contributed by atoms with Crippen molar-refractivity contribution in [2.24, 2.45) is 0 Å². The standard InChI is InChI=1S/C76H52O46.C18H21ClN2/c77-32-1-22(2-33(78)53(32)92)67(103)113-47-16-27(11-42(87)58(47)97)66(102)112-21-52-63(119-72(108)28-12-43(88)59(98)48(17-28)114-68(104)23-3-34(79)54(93)35(80)4-23)64(120-73(109)29-13-44(89)60(99)49(18-29)115-69(105)24-5-36(81)55(94)37(82)6-24)65(121-74(110)30-14-45(90)61(100)50(19-30)116-70(106)25-7-38(83)56(95)39(84)8-25)76(118-52)122-75(111)31-15-46(91)62(101)51(20-31)117-71(107)26-9-40(85)57(96)41(86)10-26;1-20-11-13-21(14-12-20)18(15-5-3-2-4-6-15)16-7-9-17(19)10-8-16/h1-20,52,63-65,76-101H,21H2;2-10,18H,11-14H2,1H3/t52-,63-,64+,65-,76+;/m1./s1. The summed E-state index contributed by atoms with van der Waals surface area (Å²) in [6, 6.07) is 27.9. The number of ether oxygens (including phenoxy) is 11. The Morgan fingerprint density at radius 1 is 0.280 bits per heavy atom. The van der Waals surface area contributed by atoms with Gasteiger partial charge < -0.3 is 185 Å². The Hall–Kier alpha value is -19.5. The molecule has 2 aliphatic rings. The van der Waals surface area contributed by atoms with Crippen molar-refractivity contribution in [1.82, 2.24) is 9.80 Å². The van der Waals surface area contributed by atoms with Crippen molar-refractivity contribution in [3.63, 3.8) is 0 Å². The molecule has 2 saturated heterocycles. The highest BCUT2D eigenvalue weighted by Gasteiger charge is 2.55. The molecule has 14 rings (SSSR count). The van der Waals surface area contributed by atoms with Crippen LogP contribution in [0.25, 0.3) is 0 Å². The van der Waals surface area contributed by atoms with Crippen molar-refractivity contribution in [2.45, 2.75) is 36.7 Å². The number of halogens is 1. The maximum Gasteiger partial charge on any atom is 0.343 e. The zero-order valence-corrected chi connectivity index (χ0v) is 73.0. The highest BCUT2D eigenvalue weighted by atomic mass is 35.5. The van der Waals surface area contributed by atoms with Gasteiger partial charge in [-0.25, -0.2) is 47.9 Å². The van der Waals surface area contributed by atoms with Crippen molar-refractivity contribution in [2.75, 3.05) is 39.8 Å². The lowest BCUT2D eigenvalue weighted by Crippen LogP contribution is -2.63. The molecule has 0 bridgehead atoms. The molecule has 2 aliphatic heterocycles. The van der Waals surface area contributed by atoms with Crippen LogP contribution in [0.1, 0.15) is 121 Å². The second-order valence-electron chi connectivity index (χ2n) is 30.8. The minimum absolute atomic E-state index is 0.295. The molecular weight excluding hydrogens is 1930 g/mol. The van der Waals surface area contributed by atoms with Crippen LogP contribution in [0, 0.1) is 0 Å². The first kappa shape index (κ1) is 101. The molecule has 143 heavy (non-hydrogen) atoms. The molecule has 25 N–H and O–H groups in total. The normalized spacial score (nSPS) is 15.2. The number of hydrogen-bond donors (Lipinski definition) is 25. The largest absolute Gasteiger partial charge is 0.504 e. The van der Waals surface area contributed by atoms with Crippen molar-refractivity contribution < 1.29 is 228 Å². The number of phenolic OH excluding ortho intramolecular Hbond substituents is 25. The molecular formula is C94H73ClN2O46. The molecule has 0 saturated carbocycles. The minimum atomic E-state index is -3.12. The molecule has 49 heteroatoms. The molecule has 742 valence electrons. The zero-order valence-electron chi connectivity index (χ0n) is 72.3. The van der Waals surface area contributed by atoms with Crippen LogP contribution < -0.4 is 23.7 Å². The summed E-state index contributed by atoms with van der Waals surface area (Å²) in [5.74, 6) is -56.0. The van der Waals surface area contributed by atoms with E-state index in [0.29, 0.717) is 127 Å². The van der Waals surface area contributed by atoms with Gasteiger partial charge in [0.15, 0.2) is 156 Å². The lowest BCUT2D eigenvalue weighted by Gasteiger charge is -2.43. The van der Waals surface area contributed by atoms with Crippen LogP contribution in [0.5, 0.6) is 172 Å². The van der Waals surface area contributed by atoms with Crippen molar-refractivity contribution in [3.05, 3.63) is 248 Å². The first-order valence-electron chi connectivity index (χ1n) is 40.7. The Bertz CT molecular complexity index is 7010. The summed E-state index contributed by atoms with van der Waals surface area (Å²) in [6.07, 6.45) is -15.1. The summed E-state index contributed by atoms with van der Waals surface area (Å²) < 4.78 is 60.4. The number of rotatable bonds is 24. The Labute approximate surface area is 802 Å². The maximum absolute atomic E-state index is 15.3. The number of esters is 10. The van der Waals surface area contributed by atoms with E-state index in [1.54, 1.807) is 0 Å². The fraction of sp³-hybridized carbons (Fsp3) is 0.128. The Balaban J connectivity index is 0.000000717. The first-order chi connectivity index (χ1) is 67.6. The minimum Gasteiger partial charge on any atom is -0.504 e. The molecule has 2 fully saturated rings. The summed E-state index contributed by atoms with van der Waals surface area (Å²) in [5, 5.41) is 262. The van der Waals surface area contributed by atoms with Gasteiger partial charge in [0.05, 0.1) is 61.7 Å². The lowest BCUT2D eigenvalue weighted by molar-refractivity contribution is -0.282. The van der Waals surface area contributed by atoms with Crippen LogP contribution in [0.3, 0.4) is 0 Å². The van der Waals surface area contributed by atoms with Crippen LogP contribution in [0.2, 0.25) is 5.02 Å². The van der Waals surface area contributed by atoms with Gasteiger partial charge in [0, 0.05) is 31.2 Å². The van der Waals surface area contributed by atoms with Crippen LogP contribution in [-0.4, -0.2) is 268 Å². The van der Waals surface area contributed by atoms with E-state index >= 15 is 14.4 Å². The molecule has 0 spiro atoms. The third kappa shape index (κ3) is 22.5. The number of phenols is 25. The Morgan fingerprint density at radius 2 is 0.510 bits per heavy atom. The second-order valence-corrected chi connectivity index (χ2v) is 31.3. The van der Waals surface area contributed by atoms with E-state index in [2.05, 4.69) is 59.3 Å². The van der Waals surface area contributed by atoms with Gasteiger partial charge in [-0.05, 0) is 152 Å². The Morgan fingerprint density at radius 3 is 0.790 bits per heavy atom. The van der Waals surface area contributed by atoms with E-state index in [-0.39, 0.29) is 0 Å². The molecule has 48 nitrogen and oxygen atoms in total. The lowest BCUT2D eigenvalue weighted by atomic mass is 9.96.